The van der Waals surface area contributed by atoms with E-state index in [1.54, 1.807) is 24.4 Å². The Bertz CT molecular complexity index is 1440. The maximum Gasteiger partial charge on any atom is 0.264 e. The standard InChI is InChI=1S/C30H37N7O5/c1-30(10-14-34(2)15-11-30)29(42)35-12-8-20(9-13-35)36-18-19(17-32-36)16-31-22-5-3-4-21-25(22)28(41)37(27(21)40)23-6-7-24(38)33-26(23)39/h3-5,17-18,20,23,31H,6-16H2,1-2H3,(H,33,38,39). The summed E-state index contributed by atoms with van der Waals surface area (Å²) in [5, 5.41) is 10.1. The first-order chi connectivity index (χ1) is 20.1. The topological polar surface area (TPSA) is 137 Å². The predicted octanol–water partition coefficient (Wildman–Crippen LogP) is 1.79. The van der Waals surface area contributed by atoms with Crippen molar-refractivity contribution in [2.45, 2.75) is 64.1 Å². The molecule has 1 atom stereocenters. The fourth-order valence-electron chi connectivity index (χ4n) is 6.57. The third-order valence-corrected chi connectivity index (χ3v) is 9.34. The summed E-state index contributed by atoms with van der Waals surface area (Å²) < 4.78 is 1.96. The van der Waals surface area contributed by atoms with Crippen LogP contribution in [-0.4, -0.2) is 93.3 Å². The van der Waals surface area contributed by atoms with E-state index < -0.39 is 29.7 Å². The van der Waals surface area contributed by atoms with Crippen molar-refractivity contribution in [1.82, 2.24) is 29.8 Å². The molecule has 1 aromatic carbocycles. The second-order valence-electron chi connectivity index (χ2n) is 12.2. The minimum absolute atomic E-state index is 0.0748. The number of nitrogens with zero attached hydrogens (tertiary/aromatic N) is 5. The van der Waals surface area contributed by atoms with Crippen LogP contribution >= 0.6 is 0 Å². The Labute approximate surface area is 244 Å². The fraction of sp³-hybridized carbons (Fsp3) is 0.533. The Morgan fingerprint density at radius 2 is 1.79 bits per heavy atom. The zero-order valence-electron chi connectivity index (χ0n) is 24.1. The van der Waals surface area contributed by atoms with Crippen molar-refractivity contribution >= 4 is 35.2 Å². The normalized spacial score (nSPS) is 23.2. The molecule has 1 unspecified atom stereocenters. The Balaban J connectivity index is 1.07. The Morgan fingerprint density at radius 1 is 1.05 bits per heavy atom. The third-order valence-electron chi connectivity index (χ3n) is 9.34. The molecule has 6 rings (SSSR count). The lowest BCUT2D eigenvalue weighted by Gasteiger charge is -2.42. The van der Waals surface area contributed by atoms with E-state index in [4.69, 9.17) is 0 Å². The van der Waals surface area contributed by atoms with Gasteiger partial charge in [0.25, 0.3) is 11.8 Å². The summed E-state index contributed by atoms with van der Waals surface area (Å²) in [4.78, 5) is 69.0. The van der Waals surface area contributed by atoms with Gasteiger partial charge < -0.3 is 15.1 Å². The maximum absolute atomic E-state index is 13.3. The number of nitrogens with one attached hydrogen (secondary N) is 2. The van der Waals surface area contributed by atoms with E-state index in [1.165, 1.54) is 0 Å². The van der Waals surface area contributed by atoms with E-state index in [9.17, 15) is 24.0 Å². The van der Waals surface area contributed by atoms with Gasteiger partial charge in [0, 0.05) is 48.9 Å². The van der Waals surface area contributed by atoms with E-state index in [0.29, 0.717) is 12.2 Å². The number of carbonyl (C=O) groups is 5. The van der Waals surface area contributed by atoms with Crippen LogP contribution in [0, 0.1) is 5.41 Å². The van der Waals surface area contributed by atoms with Crippen LogP contribution in [0.15, 0.2) is 30.6 Å². The van der Waals surface area contributed by atoms with E-state index in [2.05, 4.69) is 34.6 Å². The number of fused-ring (bicyclic) bond motifs is 1. The van der Waals surface area contributed by atoms with Gasteiger partial charge in [-0.15, -0.1) is 0 Å². The zero-order valence-corrected chi connectivity index (χ0v) is 24.1. The van der Waals surface area contributed by atoms with Crippen molar-refractivity contribution in [3.63, 3.8) is 0 Å². The van der Waals surface area contributed by atoms with Gasteiger partial charge in [0.1, 0.15) is 6.04 Å². The Morgan fingerprint density at radius 3 is 2.50 bits per heavy atom. The first-order valence-corrected chi connectivity index (χ1v) is 14.7. The third kappa shape index (κ3) is 5.08. The molecule has 4 aliphatic rings. The molecule has 222 valence electrons. The quantitative estimate of drug-likeness (QED) is 0.498. The van der Waals surface area contributed by atoms with Crippen LogP contribution in [0.25, 0.3) is 0 Å². The highest BCUT2D eigenvalue weighted by molar-refractivity contribution is 6.25. The number of hydrogen-bond acceptors (Lipinski definition) is 8. The van der Waals surface area contributed by atoms with Crippen molar-refractivity contribution in [2.75, 3.05) is 38.5 Å². The van der Waals surface area contributed by atoms with Gasteiger partial charge in [-0.2, -0.15) is 5.10 Å². The average Bonchev–Trinajstić information content (AvgIpc) is 3.56. The number of hydrogen-bond donors (Lipinski definition) is 2. The lowest BCUT2D eigenvalue weighted by molar-refractivity contribution is -0.145. The van der Waals surface area contributed by atoms with E-state index in [0.717, 1.165) is 62.3 Å². The second kappa shape index (κ2) is 11.0. The zero-order chi connectivity index (χ0) is 29.6. The van der Waals surface area contributed by atoms with Gasteiger partial charge in [0.05, 0.1) is 23.4 Å². The first kappa shape index (κ1) is 28.1. The molecule has 4 aliphatic heterocycles. The Hall–Kier alpha value is -4.06. The molecule has 5 amide bonds. The Kier molecular flexibility index (Phi) is 7.34. The van der Waals surface area contributed by atoms with Crippen molar-refractivity contribution in [2.24, 2.45) is 5.41 Å². The van der Waals surface area contributed by atoms with Gasteiger partial charge in [0.2, 0.25) is 17.7 Å². The summed E-state index contributed by atoms with van der Waals surface area (Å²) in [6.07, 6.45) is 7.45. The minimum atomic E-state index is -1.00. The summed E-state index contributed by atoms with van der Waals surface area (Å²) in [5.74, 6) is -1.83. The van der Waals surface area contributed by atoms with Crippen molar-refractivity contribution in [3.05, 3.63) is 47.3 Å². The van der Waals surface area contributed by atoms with Gasteiger partial charge in [-0.05, 0) is 64.4 Å². The molecule has 12 nitrogen and oxygen atoms in total. The van der Waals surface area contributed by atoms with Crippen molar-refractivity contribution < 1.29 is 24.0 Å². The summed E-state index contributed by atoms with van der Waals surface area (Å²) in [6, 6.07) is 4.21. The number of aromatic nitrogens is 2. The summed E-state index contributed by atoms with van der Waals surface area (Å²) in [5.41, 5.74) is 1.62. The number of rotatable bonds is 6. The molecule has 1 aromatic heterocycles. The maximum atomic E-state index is 13.3. The highest BCUT2D eigenvalue weighted by atomic mass is 16.2. The molecule has 0 radical (unpaired) electrons. The number of imide groups is 2. The molecule has 5 heterocycles. The van der Waals surface area contributed by atoms with E-state index >= 15 is 0 Å². The monoisotopic (exact) mass is 575 g/mol. The number of carbonyl (C=O) groups excluding carboxylic acids is 5. The number of likely N-dealkylation sites (tertiary alicyclic amines) is 2. The molecule has 42 heavy (non-hydrogen) atoms. The van der Waals surface area contributed by atoms with Crippen LogP contribution in [0.3, 0.4) is 0 Å². The van der Waals surface area contributed by atoms with Crippen LogP contribution in [0.5, 0.6) is 0 Å². The molecule has 2 aromatic rings. The van der Waals surface area contributed by atoms with E-state index in [-0.39, 0.29) is 41.3 Å². The van der Waals surface area contributed by atoms with Crippen molar-refractivity contribution in [1.29, 1.82) is 0 Å². The van der Waals surface area contributed by atoms with Crippen LogP contribution in [-0.2, 0) is 20.9 Å². The number of anilines is 1. The number of amides is 5. The smallest absolute Gasteiger partial charge is 0.264 e. The molecule has 12 heteroatoms. The van der Waals surface area contributed by atoms with Gasteiger partial charge in [0.15, 0.2) is 0 Å². The molecule has 0 saturated carbocycles. The lowest BCUT2D eigenvalue weighted by Crippen LogP contribution is -2.54. The van der Waals surface area contributed by atoms with Gasteiger partial charge in [-0.25, -0.2) is 0 Å². The SMILES string of the molecule is CN1CCC(C)(C(=O)N2CCC(n3cc(CNc4cccc5c4C(=O)N(C4CCC(=O)NC4=O)C5=O)cn3)CC2)CC1. The molecular weight excluding hydrogens is 538 g/mol. The van der Waals surface area contributed by atoms with E-state index in [1.807, 2.05) is 15.8 Å². The lowest BCUT2D eigenvalue weighted by atomic mass is 9.78. The molecule has 2 N–H and O–H groups in total. The second-order valence-corrected chi connectivity index (χ2v) is 12.2. The molecule has 3 saturated heterocycles. The number of piperidine rings is 3. The highest BCUT2D eigenvalue weighted by Crippen LogP contribution is 2.35. The van der Waals surface area contributed by atoms with Crippen molar-refractivity contribution in [3.8, 4) is 0 Å². The molecule has 3 fully saturated rings. The van der Waals surface area contributed by atoms with Crippen LogP contribution < -0.4 is 10.6 Å². The van der Waals surface area contributed by atoms with Gasteiger partial charge in [-0.1, -0.05) is 13.0 Å². The molecule has 0 aliphatic carbocycles. The first-order valence-electron chi connectivity index (χ1n) is 14.7. The molecular formula is C30H37N7O5. The van der Waals surface area contributed by atoms with Gasteiger partial charge >= 0.3 is 0 Å². The summed E-state index contributed by atoms with van der Waals surface area (Å²) in [6.45, 7) is 5.85. The van der Waals surface area contributed by atoms with Crippen LogP contribution in [0.2, 0.25) is 0 Å². The highest BCUT2D eigenvalue weighted by Gasteiger charge is 2.45. The van der Waals surface area contributed by atoms with Crippen LogP contribution in [0.4, 0.5) is 5.69 Å². The predicted molar refractivity (Wildman–Crippen MR) is 152 cm³/mol. The summed E-state index contributed by atoms with van der Waals surface area (Å²) >= 11 is 0. The average molecular weight is 576 g/mol. The van der Waals surface area contributed by atoms with Gasteiger partial charge in [-0.3, -0.25) is 38.9 Å². The fourth-order valence-corrected chi connectivity index (χ4v) is 6.57. The molecule has 0 bridgehead atoms. The molecule has 0 spiro atoms. The van der Waals surface area contributed by atoms with Crippen LogP contribution in [0.1, 0.15) is 77.8 Å². The largest absolute Gasteiger partial charge is 0.380 e. The minimum Gasteiger partial charge on any atom is -0.380 e. The number of benzene rings is 1. The summed E-state index contributed by atoms with van der Waals surface area (Å²) in [7, 11) is 2.11.